The summed E-state index contributed by atoms with van der Waals surface area (Å²) in [6.07, 6.45) is 0.824. The van der Waals surface area contributed by atoms with Crippen LogP contribution in [0.2, 0.25) is 0 Å². The first-order chi connectivity index (χ1) is 11.5. The first-order valence-electron chi connectivity index (χ1n) is 8.28. The molecule has 0 saturated carbocycles. The molecule has 1 amide bonds. The van der Waals surface area contributed by atoms with Crippen molar-refractivity contribution >= 4 is 11.9 Å². The van der Waals surface area contributed by atoms with E-state index in [-0.39, 0.29) is 24.5 Å². The van der Waals surface area contributed by atoms with Crippen molar-refractivity contribution in [1.82, 2.24) is 5.32 Å². The summed E-state index contributed by atoms with van der Waals surface area (Å²) in [4.78, 5) is 24.5. The Morgan fingerprint density at radius 3 is 2.40 bits per heavy atom. The zero-order valence-corrected chi connectivity index (χ0v) is 15.2. The molecule has 0 saturated heterocycles. The molecule has 7 nitrogen and oxygen atoms in total. The highest BCUT2D eigenvalue weighted by atomic mass is 16.5. The Labute approximate surface area is 148 Å². The highest BCUT2D eigenvalue weighted by Gasteiger charge is 2.29. The molecule has 0 spiro atoms. The van der Waals surface area contributed by atoms with Gasteiger partial charge in [0.25, 0.3) is 0 Å². The van der Waals surface area contributed by atoms with Gasteiger partial charge in [0.1, 0.15) is 6.04 Å². The van der Waals surface area contributed by atoms with Crippen LogP contribution in [0, 0.1) is 5.92 Å². The van der Waals surface area contributed by atoms with Crippen molar-refractivity contribution in [3.63, 3.8) is 0 Å². The number of hydrogen-bond acceptors (Lipinski definition) is 6. The summed E-state index contributed by atoms with van der Waals surface area (Å²) in [6, 6.07) is 3.28. The Hall–Kier alpha value is -2.28. The second-order valence-corrected chi connectivity index (χ2v) is 7.12. The van der Waals surface area contributed by atoms with Gasteiger partial charge in [-0.15, -0.1) is 0 Å². The highest BCUT2D eigenvalue weighted by Crippen LogP contribution is 2.25. The van der Waals surface area contributed by atoms with Gasteiger partial charge >= 0.3 is 5.97 Å². The normalized spacial score (nSPS) is 12.7. The fourth-order valence-corrected chi connectivity index (χ4v) is 1.97. The van der Waals surface area contributed by atoms with Crippen LogP contribution in [-0.2, 0) is 20.7 Å². The van der Waals surface area contributed by atoms with Crippen molar-refractivity contribution in [1.29, 1.82) is 0 Å². The third-order valence-corrected chi connectivity index (χ3v) is 3.59. The molecule has 5 N–H and O–H groups in total. The van der Waals surface area contributed by atoms with Crippen LogP contribution in [0.4, 0.5) is 0 Å². The summed E-state index contributed by atoms with van der Waals surface area (Å²) < 4.78 is 5.25. The smallest absolute Gasteiger partial charge is 0.328 e. The molecule has 0 bridgehead atoms. The lowest BCUT2D eigenvalue weighted by molar-refractivity contribution is -0.148. The van der Waals surface area contributed by atoms with Crippen molar-refractivity contribution < 1.29 is 24.5 Å². The third-order valence-electron chi connectivity index (χ3n) is 3.59. The maximum atomic E-state index is 12.4. The summed E-state index contributed by atoms with van der Waals surface area (Å²) in [5, 5.41) is 21.6. The van der Waals surface area contributed by atoms with Crippen LogP contribution in [0.5, 0.6) is 11.5 Å². The summed E-state index contributed by atoms with van der Waals surface area (Å²) in [5.74, 6) is -1.22. The van der Waals surface area contributed by atoms with Crippen molar-refractivity contribution in [3.05, 3.63) is 23.8 Å². The summed E-state index contributed by atoms with van der Waals surface area (Å²) in [7, 11) is 0. The van der Waals surface area contributed by atoms with E-state index < -0.39 is 23.5 Å². The maximum absolute atomic E-state index is 12.4. The van der Waals surface area contributed by atoms with Crippen LogP contribution in [0.1, 0.15) is 39.7 Å². The molecule has 1 unspecified atom stereocenters. The monoisotopic (exact) mass is 352 g/mol. The van der Waals surface area contributed by atoms with E-state index in [1.54, 1.807) is 6.07 Å². The third kappa shape index (κ3) is 7.01. The predicted molar refractivity (Wildman–Crippen MR) is 94.1 cm³/mol. The lowest BCUT2D eigenvalue weighted by atomic mass is 10.0. The molecule has 0 radical (unpaired) electrons. The SMILES string of the molecule is CC(C)CCOC(=O)C(Cc1ccc(O)c(O)c1)NC(=O)C(C)(C)N. The summed E-state index contributed by atoms with van der Waals surface area (Å²) in [5.41, 5.74) is 5.19. The molecule has 25 heavy (non-hydrogen) atoms. The van der Waals surface area contributed by atoms with Crippen molar-refractivity contribution in [2.24, 2.45) is 11.7 Å². The van der Waals surface area contributed by atoms with Crippen molar-refractivity contribution in [2.45, 2.75) is 52.1 Å². The Balaban J connectivity index is 2.87. The number of phenolic OH excluding ortho intramolecular Hbond substituents is 2. The van der Waals surface area contributed by atoms with Gasteiger partial charge in [-0.1, -0.05) is 19.9 Å². The van der Waals surface area contributed by atoms with Gasteiger partial charge in [-0.05, 0) is 43.9 Å². The number of ether oxygens (including phenoxy) is 1. The van der Waals surface area contributed by atoms with E-state index in [2.05, 4.69) is 5.32 Å². The molecular formula is C18H28N2O5. The lowest BCUT2D eigenvalue weighted by Crippen LogP contribution is -2.54. The summed E-state index contributed by atoms with van der Waals surface area (Å²) >= 11 is 0. The largest absolute Gasteiger partial charge is 0.504 e. The molecule has 0 aliphatic heterocycles. The lowest BCUT2D eigenvalue weighted by Gasteiger charge is -2.23. The minimum Gasteiger partial charge on any atom is -0.504 e. The van der Waals surface area contributed by atoms with Gasteiger partial charge in [0.05, 0.1) is 12.1 Å². The van der Waals surface area contributed by atoms with E-state index in [0.29, 0.717) is 11.5 Å². The minimum absolute atomic E-state index is 0.107. The second kappa shape index (κ2) is 8.71. The molecule has 1 atom stereocenters. The number of aromatic hydroxyl groups is 2. The molecule has 0 heterocycles. The first kappa shape index (κ1) is 20.8. The number of esters is 1. The van der Waals surface area contributed by atoms with E-state index in [4.69, 9.17) is 10.5 Å². The molecule has 1 rings (SSSR count). The highest BCUT2D eigenvalue weighted by molar-refractivity contribution is 5.89. The fraction of sp³-hybridized carbons (Fsp3) is 0.556. The molecule has 1 aromatic rings. The summed E-state index contributed by atoms with van der Waals surface area (Å²) in [6.45, 7) is 7.37. The van der Waals surface area contributed by atoms with Crippen LogP contribution >= 0.6 is 0 Å². The molecule has 1 aromatic carbocycles. The van der Waals surface area contributed by atoms with Gasteiger partial charge in [0.15, 0.2) is 11.5 Å². The number of benzene rings is 1. The molecule has 0 aliphatic carbocycles. The van der Waals surface area contributed by atoms with Gasteiger partial charge in [-0.2, -0.15) is 0 Å². The standard InChI is InChI=1S/C18H28N2O5/c1-11(2)7-8-25-16(23)13(20-17(24)18(3,4)19)9-12-5-6-14(21)15(22)10-12/h5-6,10-11,13,21-22H,7-9,19H2,1-4H3,(H,20,24). The van der Waals surface area contributed by atoms with E-state index in [1.165, 1.54) is 26.0 Å². The number of phenols is 2. The number of nitrogens with one attached hydrogen (secondary N) is 1. The molecule has 7 heteroatoms. The number of hydrogen-bond donors (Lipinski definition) is 4. The molecule has 0 fully saturated rings. The van der Waals surface area contributed by atoms with Gasteiger partial charge in [-0.3, -0.25) is 4.79 Å². The Kier molecular flexibility index (Phi) is 7.23. The molecule has 0 aromatic heterocycles. The predicted octanol–water partition coefficient (Wildman–Crippen LogP) is 1.45. The fourth-order valence-electron chi connectivity index (χ4n) is 1.97. The molecular weight excluding hydrogens is 324 g/mol. The first-order valence-corrected chi connectivity index (χ1v) is 8.28. The Bertz CT molecular complexity index is 608. The van der Waals surface area contributed by atoms with Crippen LogP contribution in [0.3, 0.4) is 0 Å². The van der Waals surface area contributed by atoms with Crippen molar-refractivity contribution in [2.75, 3.05) is 6.61 Å². The maximum Gasteiger partial charge on any atom is 0.328 e. The van der Waals surface area contributed by atoms with Gasteiger partial charge in [-0.25, -0.2) is 4.79 Å². The quantitative estimate of drug-likeness (QED) is 0.415. The zero-order chi connectivity index (χ0) is 19.2. The Morgan fingerprint density at radius 2 is 1.88 bits per heavy atom. The average Bonchev–Trinajstić information content (AvgIpc) is 2.48. The Morgan fingerprint density at radius 1 is 1.24 bits per heavy atom. The van der Waals surface area contributed by atoms with Gasteiger partial charge in [0.2, 0.25) is 5.91 Å². The van der Waals surface area contributed by atoms with E-state index in [1.807, 2.05) is 13.8 Å². The molecule has 0 aliphatic rings. The number of amides is 1. The van der Waals surface area contributed by atoms with Crippen LogP contribution in [0.25, 0.3) is 0 Å². The number of carbonyl (C=O) groups is 2. The van der Waals surface area contributed by atoms with E-state index in [9.17, 15) is 19.8 Å². The number of nitrogens with two attached hydrogens (primary N) is 1. The van der Waals surface area contributed by atoms with Crippen molar-refractivity contribution in [3.8, 4) is 11.5 Å². The second-order valence-electron chi connectivity index (χ2n) is 7.12. The number of carbonyl (C=O) groups excluding carboxylic acids is 2. The minimum atomic E-state index is -1.15. The zero-order valence-electron chi connectivity index (χ0n) is 15.2. The topological polar surface area (TPSA) is 122 Å². The van der Waals surface area contributed by atoms with E-state index in [0.717, 1.165) is 6.42 Å². The average molecular weight is 352 g/mol. The van der Waals surface area contributed by atoms with E-state index >= 15 is 0 Å². The van der Waals surface area contributed by atoms with Gasteiger partial charge < -0.3 is 26.0 Å². The number of rotatable bonds is 8. The van der Waals surface area contributed by atoms with Crippen LogP contribution in [-0.4, -0.2) is 40.3 Å². The van der Waals surface area contributed by atoms with Crippen LogP contribution < -0.4 is 11.1 Å². The van der Waals surface area contributed by atoms with Crippen LogP contribution in [0.15, 0.2) is 18.2 Å². The van der Waals surface area contributed by atoms with Gasteiger partial charge in [0, 0.05) is 6.42 Å². The molecule has 140 valence electrons.